The third-order valence-corrected chi connectivity index (χ3v) is 3.39. The van der Waals surface area contributed by atoms with Crippen LogP contribution in [-0.2, 0) is 4.79 Å². The number of aliphatic carboxylic acids is 1. The minimum Gasteiger partial charge on any atom is -0.479 e. The van der Waals surface area contributed by atoms with Gasteiger partial charge in [-0.1, -0.05) is 52.5 Å². The second-order valence-electron chi connectivity index (χ2n) is 3.34. The van der Waals surface area contributed by atoms with Crippen LogP contribution in [0.1, 0.15) is 11.5 Å². The quantitative estimate of drug-likeness (QED) is 0.655. The van der Waals surface area contributed by atoms with Crippen LogP contribution < -0.4 is 0 Å². The number of hydrogen-bond acceptors (Lipinski definition) is 1. The molecule has 0 heterocycles. The molecule has 2 nitrogen and oxygen atoms in total. The molecule has 0 bridgehead atoms. The number of hydrogen-bond donors (Lipinski definition) is 1. The van der Waals surface area contributed by atoms with E-state index in [2.05, 4.69) is 6.58 Å². The Kier molecular flexibility index (Phi) is 4.73. The molecule has 0 aliphatic heterocycles. The molecule has 0 saturated carbocycles. The predicted molar refractivity (Wildman–Crippen MR) is 71.5 cm³/mol. The third-order valence-electron chi connectivity index (χ3n) is 2.16. The molecule has 0 aliphatic carbocycles. The molecule has 0 amide bonds. The van der Waals surface area contributed by atoms with Crippen LogP contribution >= 0.6 is 46.4 Å². The molecule has 1 unspecified atom stereocenters. The first-order valence-electron chi connectivity index (χ1n) is 4.48. The maximum atomic E-state index is 11.0. The smallest absolute Gasteiger partial charge is 0.341 e. The fraction of sp³-hybridized carbons (Fsp3) is 0.182. The molecular formula is C11H8Cl4O2. The highest BCUT2D eigenvalue weighted by atomic mass is 35.5. The first kappa shape index (κ1) is 14.7. The number of allylic oxidation sites excluding steroid dienone is 1. The molecule has 0 radical (unpaired) electrons. The van der Waals surface area contributed by atoms with Crippen molar-refractivity contribution < 1.29 is 9.90 Å². The number of halogens is 4. The zero-order valence-electron chi connectivity index (χ0n) is 8.46. The summed E-state index contributed by atoms with van der Waals surface area (Å²) in [7, 11) is 0. The number of carboxylic acid groups (broad SMARTS) is 1. The van der Waals surface area contributed by atoms with E-state index in [-0.39, 0.29) is 0 Å². The lowest BCUT2D eigenvalue weighted by atomic mass is 9.95. The van der Waals surface area contributed by atoms with Gasteiger partial charge >= 0.3 is 5.97 Å². The van der Waals surface area contributed by atoms with Crippen LogP contribution in [0.3, 0.4) is 0 Å². The van der Waals surface area contributed by atoms with Crippen molar-refractivity contribution in [1.82, 2.24) is 0 Å². The average molecular weight is 314 g/mol. The van der Waals surface area contributed by atoms with Gasteiger partial charge in [-0.25, -0.2) is 4.79 Å². The largest absolute Gasteiger partial charge is 0.479 e. The molecule has 6 heteroatoms. The highest BCUT2D eigenvalue weighted by molar-refractivity contribution is 6.58. The first-order chi connectivity index (χ1) is 7.78. The Labute approximate surface area is 119 Å². The highest BCUT2D eigenvalue weighted by Gasteiger charge is 2.42. The summed E-state index contributed by atoms with van der Waals surface area (Å²) in [5.74, 6) is -2.18. The number of carboxylic acids is 1. The average Bonchev–Trinajstić information content (AvgIpc) is 2.16. The first-order valence-corrected chi connectivity index (χ1v) is 6.00. The molecule has 92 valence electrons. The number of alkyl halides is 2. The maximum absolute atomic E-state index is 11.0. The summed E-state index contributed by atoms with van der Waals surface area (Å²) in [6.07, 6.45) is 1.34. The van der Waals surface area contributed by atoms with Crippen LogP contribution in [-0.4, -0.2) is 15.4 Å². The summed E-state index contributed by atoms with van der Waals surface area (Å²) in [6.45, 7) is 3.53. The molecule has 0 saturated heterocycles. The third kappa shape index (κ3) is 3.29. The van der Waals surface area contributed by atoms with Crippen molar-refractivity contribution in [3.05, 3.63) is 46.5 Å². The molecule has 1 N–H and O–H groups in total. The van der Waals surface area contributed by atoms with Gasteiger partial charge in [0.2, 0.25) is 4.33 Å². The Hall–Kier alpha value is -0.410. The Balaban J connectivity index is 3.27. The molecular weight excluding hydrogens is 306 g/mol. The van der Waals surface area contributed by atoms with E-state index < -0.39 is 16.2 Å². The van der Waals surface area contributed by atoms with Gasteiger partial charge in [-0.15, -0.1) is 6.58 Å². The highest BCUT2D eigenvalue weighted by Crippen LogP contribution is 2.40. The molecule has 0 spiro atoms. The summed E-state index contributed by atoms with van der Waals surface area (Å²) in [4.78, 5) is 11.0. The van der Waals surface area contributed by atoms with Crippen LogP contribution in [0.2, 0.25) is 10.0 Å². The summed E-state index contributed by atoms with van der Waals surface area (Å²) in [5, 5.41) is 9.70. The molecule has 0 aromatic heterocycles. The van der Waals surface area contributed by atoms with Gasteiger partial charge in [-0.2, -0.15) is 0 Å². The van der Waals surface area contributed by atoms with Gasteiger partial charge in [0.15, 0.2) is 0 Å². The standard InChI is InChI=1S/C11H8Cl4O2/c1-2-9(11(14,15)10(16)17)6-3-7(12)5-8(13)4-6/h2-5,9H,1H2,(H,16,17). The molecule has 1 atom stereocenters. The van der Waals surface area contributed by atoms with Gasteiger partial charge < -0.3 is 5.11 Å². The Morgan fingerprint density at radius 3 is 2.12 bits per heavy atom. The van der Waals surface area contributed by atoms with Crippen molar-refractivity contribution in [2.75, 3.05) is 0 Å². The number of rotatable bonds is 4. The topological polar surface area (TPSA) is 37.3 Å². The lowest BCUT2D eigenvalue weighted by molar-refractivity contribution is -0.138. The fourth-order valence-electron chi connectivity index (χ4n) is 1.38. The van der Waals surface area contributed by atoms with Crippen molar-refractivity contribution in [2.45, 2.75) is 10.3 Å². The van der Waals surface area contributed by atoms with E-state index in [9.17, 15) is 4.79 Å². The van der Waals surface area contributed by atoms with Gasteiger partial charge in [0, 0.05) is 16.0 Å². The Morgan fingerprint density at radius 2 is 1.76 bits per heavy atom. The molecule has 1 aromatic rings. The molecule has 0 aliphatic rings. The van der Waals surface area contributed by atoms with Gasteiger partial charge in [0.1, 0.15) is 0 Å². The van der Waals surface area contributed by atoms with Crippen molar-refractivity contribution in [3.63, 3.8) is 0 Å². The minimum atomic E-state index is -2.02. The van der Waals surface area contributed by atoms with E-state index >= 15 is 0 Å². The van der Waals surface area contributed by atoms with Gasteiger partial charge in [-0.05, 0) is 23.8 Å². The van der Waals surface area contributed by atoms with Crippen LogP contribution in [0.5, 0.6) is 0 Å². The van der Waals surface area contributed by atoms with E-state index in [1.807, 2.05) is 0 Å². The number of carbonyl (C=O) groups is 1. The molecule has 17 heavy (non-hydrogen) atoms. The van der Waals surface area contributed by atoms with Crippen LogP contribution in [0.15, 0.2) is 30.9 Å². The van der Waals surface area contributed by atoms with E-state index in [4.69, 9.17) is 51.5 Å². The van der Waals surface area contributed by atoms with E-state index in [0.29, 0.717) is 15.6 Å². The number of benzene rings is 1. The summed E-state index contributed by atoms with van der Waals surface area (Å²) < 4.78 is -2.02. The fourth-order valence-corrected chi connectivity index (χ4v) is 2.35. The van der Waals surface area contributed by atoms with E-state index in [1.54, 1.807) is 12.1 Å². The SMILES string of the molecule is C=CC(c1cc(Cl)cc(Cl)c1)C(Cl)(Cl)C(=O)O. The lowest BCUT2D eigenvalue weighted by Crippen LogP contribution is -2.32. The second-order valence-corrected chi connectivity index (χ2v) is 5.60. The zero-order valence-corrected chi connectivity index (χ0v) is 11.5. The Morgan fingerprint density at radius 1 is 1.29 bits per heavy atom. The predicted octanol–water partition coefficient (Wildman–Crippen LogP) is 4.52. The van der Waals surface area contributed by atoms with E-state index in [0.717, 1.165) is 0 Å². The van der Waals surface area contributed by atoms with Crippen LogP contribution in [0, 0.1) is 0 Å². The van der Waals surface area contributed by atoms with Gasteiger partial charge in [0.05, 0.1) is 0 Å². The van der Waals surface area contributed by atoms with Gasteiger partial charge in [0.25, 0.3) is 0 Å². The summed E-state index contributed by atoms with van der Waals surface area (Å²) in [5.41, 5.74) is 0.491. The second kappa shape index (κ2) is 5.49. The zero-order chi connectivity index (χ0) is 13.2. The maximum Gasteiger partial charge on any atom is 0.341 e. The lowest BCUT2D eigenvalue weighted by Gasteiger charge is -2.23. The normalized spacial score (nSPS) is 13.2. The van der Waals surface area contributed by atoms with Crippen molar-refractivity contribution in [3.8, 4) is 0 Å². The monoisotopic (exact) mass is 312 g/mol. The van der Waals surface area contributed by atoms with Crippen LogP contribution in [0.25, 0.3) is 0 Å². The summed E-state index contributed by atoms with van der Waals surface area (Å²) >= 11 is 23.2. The molecule has 0 fully saturated rings. The summed E-state index contributed by atoms with van der Waals surface area (Å²) in [6, 6.07) is 4.61. The van der Waals surface area contributed by atoms with Crippen molar-refractivity contribution in [2.24, 2.45) is 0 Å². The molecule has 1 rings (SSSR count). The van der Waals surface area contributed by atoms with Crippen LogP contribution in [0.4, 0.5) is 0 Å². The van der Waals surface area contributed by atoms with E-state index in [1.165, 1.54) is 12.1 Å². The van der Waals surface area contributed by atoms with Gasteiger partial charge in [-0.3, -0.25) is 0 Å². The molecule has 1 aromatic carbocycles. The Bertz CT molecular complexity index is 437. The minimum absolute atomic E-state index is 0.369. The van der Waals surface area contributed by atoms with Crippen molar-refractivity contribution in [1.29, 1.82) is 0 Å². The van der Waals surface area contributed by atoms with Crippen molar-refractivity contribution >= 4 is 52.4 Å².